The highest BCUT2D eigenvalue weighted by Gasteiger charge is 2.25. The number of carboxylic acid groups (broad SMARTS) is 1. The molecule has 32 heavy (non-hydrogen) atoms. The predicted molar refractivity (Wildman–Crippen MR) is 120 cm³/mol. The summed E-state index contributed by atoms with van der Waals surface area (Å²) in [7, 11) is 0. The normalized spacial score (nSPS) is 11.3. The van der Waals surface area contributed by atoms with Crippen molar-refractivity contribution < 1.29 is 14.3 Å². The van der Waals surface area contributed by atoms with Gasteiger partial charge in [0.15, 0.2) is 17.2 Å². The Labute approximate surface area is 182 Å². The first-order chi connectivity index (χ1) is 15.5. The van der Waals surface area contributed by atoms with Crippen molar-refractivity contribution in [2.45, 2.75) is 13.3 Å². The summed E-state index contributed by atoms with van der Waals surface area (Å²) in [5.74, 6) is -1.41. The van der Waals surface area contributed by atoms with Crippen molar-refractivity contribution in [1.82, 2.24) is 19.4 Å². The van der Waals surface area contributed by atoms with Crippen LogP contribution in [0.25, 0.3) is 39.1 Å². The van der Waals surface area contributed by atoms with Crippen LogP contribution < -0.4 is 5.73 Å². The van der Waals surface area contributed by atoms with Crippen LogP contribution in [0.2, 0.25) is 0 Å². The second kappa shape index (κ2) is 7.42. The number of carbonyl (C=O) groups is 1. The molecule has 0 atom stereocenters. The molecule has 2 aromatic carbocycles. The minimum atomic E-state index is -1.14. The highest BCUT2D eigenvalue weighted by molar-refractivity contribution is 5.93. The van der Waals surface area contributed by atoms with Crippen LogP contribution in [0.4, 0.5) is 10.2 Å². The number of pyridine rings is 1. The Morgan fingerprint density at radius 3 is 2.56 bits per heavy atom. The van der Waals surface area contributed by atoms with Crippen LogP contribution in [0.15, 0.2) is 60.8 Å². The van der Waals surface area contributed by atoms with Gasteiger partial charge in [-0.25, -0.2) is 19.2 Å². The third kappa shape index (κ3) is 3.04. The molecule has 0 radical (unpaired) electrons. The summed E-state index contributed by atoms with van der Waals surface area (Å²) in [5, 5.41) is 10.6. The standard InChI is InChI=1S/C24H18FN5O2/c1-2-18-20(24(31)32)29-23-22(26)28-19(13-5-8-16(25)9-6-13)21(30(18)23)15-7-10-17-14(12-15)4-3-11-27-17/h3-12H,2H2,1H3,(H2,26,28)(H,31,32). The van der Waals surface area contributed by atoms with Crippen molar-refractivity contribution in [3.63, 3.8) is 0 Å². The van der Waals surface area contributed by atoms with Crippen LogP contribution in [0.1, 0.15) is 23.1 Å². The van der Waals surface area contributed by atoms with Crippen LogP contribution in [0.3, 0.4) is 0 Å². The van der Waals surface area contributed by atoms with Crippen LogP contribution in [-0.2, 0) is 6.42 Å². The number of hydrogen-bond donors (Lipinski definition) is 2. The van der Waals surface area contributed by atoms with Gasteiger partial charge >= 0.3 is 5.97 Å². The molecule has 0 saturated heterocycles. The average Bonchev–Trinajstić information content (AvgIpc) is 3.20. The minimum absolute atomic E-state index is 0.0686. The Balaban J connectivity index is 1.94. The minimum Gasteiger partial charge on any atom is -0.476 e. The number of aromatic nitrogens is 4. The lowest BCUT2D eigenvalue weighted by atomic mass is 10.0. The molecular weight excluding hydrogens is 409 g/mol. The van der Waals surface area contributed by atoms with Crippen molar-refractivity contribution in [3.8, 4) is 22.5 Å². The Kier molecular flexibility index (Phi) is 4.55. The largest absolute Gasteiger partial charge is 0.476 e. The number of halogens is 1. The average molecular weight is 427 g/mol. The molecule has 0 spiro atoms. The number of hydrogen-bond acceptors (Lipinski definition) is 5. The number of aromatic carboxylic acids is 1. The van der Waals surface area contributed by atoms with Gasteiger partial charge in [0.25, 0.3) is 0 Å². The summed E-state index contributed by atoms with van der Waals surface area (Å²) in [6.07, 6.45) is 2.14. The molecule has 3 aromatic heterocycles. The lowest BCUT2D eigenvalue weighted by Gasteiger charge is -2.16. The molecule has 0 unspecified atom stereocenters. The van der Waals surface area contributed by atoms with Crippen molar-refractivity contribution >= 4 is 28.3 Å². The Morgan fingerprint density at radius 2 is 1.84 bits per heavy atom. The maximum atomic E-state index is 13.6. The molecule has 0 bridgehead atoms. The molecule has 5 aromatic rings. The van der Waals surface area contributed by atoms with E-state index in [1.165, 1.54) is 12.1 Å². The van der Waals surface area contributed by atoms with Gasteiger partial charge in [-0.15, -0.1) is 0 Å². The monoisotopic (exact) mass is 427 g/mol. The molecule has 7 nitrogen and oxygen atoms in total. The molecule has 8 heteroatoms. The van der Waals surface area contributed by atoms with Gasteiger partial charge in [0.2, 0.25) is 0 Å². The van der Waals surface area contributed by atoms with Gasteiger partial charge in [-0.3, -0.25) is 9.38 Å². The van der Waals surface area contributed by atoms with E-state index < -0.39 is 5.97 Å². The first kappa shape index (κ1) is 19.6. The smallest absolute Gasteiger partial charge is 0.356 e. The summed E-state index contributed by atoms with van der Waals surface area (Å²) in [4.78, 5) is 25.1. The zero-order chi connectivity index (χ0) is 22.4. The van der Waals surface area contributed by atoms with Crippen LogP contribution in [0.5, 0.6) is 0 Å². The summed E-state index contributed by atoms with van der Waals surface area (Å²) in [5.41, 5.74) is 10.3. The van der Waals surface area contributed by atoms with E-state index in [1.807, 2.05) is 37.3 Å². The molecule has 0 saturated carbocycles. The number of carboxylic acids is 1. The van der Waals surface area contributed by atoms with E-state index in [4.69, 9.17) is 5.73 Å². The highest BCUT2D eigenvalue weighted by atomic mass is 19.1. The van der Waals surface area contributed by atoms with E-state index in [2.05, 4.69) is 15.0 Å². The number of imidazole rings is 1. The maximum Gasteiger partial charge on any atom is 0.356 e. The Morgan fingerprint density at radius 1 is 1.09 bits per heavy atom. The third-order valence-electron chi connectivity index (χ3n) is 5.41. The van der Waals surface area contributed by atoms with Crippen molar-refractivity contribution in [2.75, 3.05) is 5.73 Å². The zero-order valence-corrected chi connectivity index (χ0v) is 17.1. The second-order valence-corrected chi connectivity index (χ2v) is 7.34. The first-order valence-electron chi connectivity index (χ1n) is 10.0. The number of aryl methyl sites for hydroxylation is 1. The SMILES string of the molecule is CCc1c(C(=O)O)nc2c(N)nc(-c3ccc(F)cc3)c(-c3ccc4ncccc4c3)n12. The van der Waals surface area contributed by atoms with Gasteiger partial charge in [-0.2, -0.15) is 0 Å². The van der Waals surface area contributed by atoms with Crippen molar-refractivity contribution in [3.05, 3.63) is 78.0 Å². The van der Waals surface area contributed by atoms with E-state index in [1.54, 1.807) is 22.7 Å². The summed E-state index contributed by atoms with van der Waals surface area (Å²) in [6.45, 7) is 1.86. The summed E-state index contributed by atoms with van der Waals surface area (Å²) < 4.78 is 15.4. The zero-order valence-electron chi connectivity index (χ0n) is 17.1. The molecule has 0 amide bonds. The van der Waals surface area contributed by atoms with Gasteiger partial charge in [0.05, 0.1) is 22.6 Å². The van der Waals surface area contributed by atoms with Gasteiger partial charge in [0, 0.05) is 22.7 Å². The number of rotatable bonds is 4. The van der Waals surface area contributed by atoms with Gasteiger partial charge in [-0.05, 0) is 48.9 Å². The van der Waals surface area contributed by atoms with E-state index in [9.17, 15) is 14.3 Å². The number of anilines is 1. The Bertz CT molecular complexity index is 1510. The number of nitrogen functional groups attached to an aromatic ring is 1. The number of nitrogens with zero attached hydrogens (tertiary/aromatic N) is 4. The van der Waals surface area contributed by atoms with E-state index >= 15 is 0 Å². The number of nitrogens with two attached hydrogens (primary N) is 1. The van der Waals surface area contributed by atoms with Gasteiger partial charge in [-0.1, -0.05) is 19.1 Å². The highest BCUT2D eigenvalue weighted by Crippen LogP contribution is 2.36. The predicted octanol–water partition coefficient (Wildman–Crippen LogP) is 4.59. The first-order valence-corrected chi connectivity index (χ1v) is 10.0. The van der Waals surface area contributed by atoms with Gasteiger partial charge < -0.3 is 10.8 Å². The maximum absolute atomic E-state index is 13.6. The lowest BCUT2D eigenvalue weighted by Crippen LogP contribution is -2.07. The fourth-order valence-corrected chi connectivity index (χ4v) is 3.99. The molecule has 0 aliphatic heterocycles. The van der Waals surface area contributed by atoms with Crippen LogP contribution in [0, 0.1) is 5.82 Å². The lowest BCUT2D eigenvalue weighted by molar-refractivity contribution is 0.0690. The molecule has 3 heterocycles. The second-order valence-electron chi connectivity index (χ2n) is 7.34. The van der Waals surface area contributed by atoms with E-state index in [-0.39, 0.29) is 23.0 Å². The summed E-state index contributed by atoms with van der Waals surface area (Å²) in [6, 6.07) is 15.5. The third-order valence-corrected chi connectivity index (χ3v) is 5.41. The fourth-order valence-electron chi connectivity index (χ4n) is 3.99. The van der Waals surface area contributed by atoms with Crippen LogP contribution >= 0.6 is 0 Å². The van der Waals surface area contributed by atoms with E-state index in [0.29, 0.717) is 29.1 Å². The molecule has 0 aliphatic carbocycles. The van der Waals surface area contributed by atoms with Crippen LogP contribution in [-0.4, -0.2) is 30.4 Å². The summed E-state index contributed by atoms with van der Waals surface area (Å²) >= 11 is 0. The Hall–Kier alpha value is -4.33. The van der Waals surface area contributed by atoms with Crippen molar-refractivity contribution in [2.24, 2.45) is 0 Å². The molecular formula is C24H18FN5O2. The number of fused-ring (bicyclic) bond motifs is 2. The fraction of sp³-hybridized carbons (Fsp3) is 0.0833. The van der Waals surface area contributed by atoms with Crippen molar-refractivity contribution in [1.29, 1.82) is 0 Å². The molecule has 0 aliphatic rings. The topological polar surface area (TPSA) is 106 Å². The molecule has 3 N–H and O–H groups in total. The van der Waals surface area contributed by atoms with Gasteiger partial charge in [0.1, 0.15) is 5.82 Å². The molecule has 0 fully saturated rings. The number of benzene rings is 2. The quantitative estimate of drug-likeness (QED) is 0.434. The molecule has 158 valence electrons. The van der Waals surface area contributed by atoms with E-state index in [0.717, 1.165) is 16.5 Å². The molecule has 5 rings (SSSR count).